The molecule has 0 aromatic carbocycles. The van der Waals surface area contributed by atoms with Crippen molar-refractivity contribution in [1.82, 2.24) is 9.88 Å². The molecule has 3 N–H and O–H groups in total. The number of nitrogens with zero attached hydrogens (tertiary/aromatic N) is 2. The molecule has 4 nitrogen and oxygen atoms in total. The average molecular weight is 220 g/mol. The highest BCUT2D eigenvalue weighted by atomic mass is 15.1. The van der Waals surface area contributed by atoms with Gasteiger partial charge in [-0.15, -0.1) is 0 Å². The second kappa shape index (κ2) is 4.70. The van der Waals surface area contributed by atoms with Crippen LogP contribution in [-0.2, 0) is 0 Å². The van der Waals surface area contributed by atoms with Gasteiger partial charge in [-0.2, -0.15) is 0 Å². The topological polar surface area (TPSA) is 54.2 Å². The summed E-state index contributed by atoms with van der Waals surface area (Å²) in [6.45, 7) is 4.58. The van der Waals surface area contributed by atoms with Crippen molar-refractivity contribution >= 4 is 11.5 Å². The Morgan fingerprint density at radius 3 is 2.94 bits per heavy atom. The molecule has 2 heterocycles. The number of nitrogens with one attached hydrogen (secondary N) is 1. The molecule has 1 aliphatic rings. The summed E-state index contributed by atoms with van der Waals surface area (Å²) in [5, 5.41) is 3.49. The van der Waals surface area contributed by atoms with Gasteiger partial charge < -0.3 is 16.0 Å². The molecule has 16 heavy (non-hydrogen) atoms. The Morgan fingerprint density at radius 1 is 1.50 bits per heavy atom. The van der Waals surface area contributed by atoms with Crippen LogP contribution in [0.3, 0.4) is 0 Å². The number of aromatic nitrogens is 1. The minimum absolute atomic E-state index is 0.521. The molecule has 88 valence electrons. The minimum Gasteiger partial charge on any atom is -0.397 e. The van der Waals surface area contributed by atoms with Crippen molar-refractivity contribution in [2.45, 2.75) is 19.4 Å². The standard InChI is InChI=1S/C12H20N4/c1-9-8-16(2)6-5-11(9)15-12-4-3-10(13)7-14-12/h3-4,7,9,11H,5-6,8,13H2,1-2H3,(H,14,15). The third kappa shape index (κ3) is 2.64. The van der Waals surface area contributed by atoms with Gasteiger partial charge in [0.15, 0.2) is 0 Å². The van der Waals surface area contributed by atoms with E-state index in [0.717, 1.165) is 18.9 Å². The number of likely N-dealkylation sites (tertiary alicyclic amines) is 1. The van der Waals surface area contributed by atoms with Crippen LogP contribution in [0, 0.1) is 5.92 Å². The Kier molecular flexibility index (Phi) is 3.29. The average Bonchev–Trinajstić information content (AvgIpc) is 2.25. The van der Waals surface area contributed by atoms with Gasteiger partial charge in [-0.05, 0) is 38.1 Å². The summed E-state index contributed by atoms with van der Waals surface area (Å²) in [4.78, 5) is 6.65. The van der Waals surface area contributed by atoms with Crippen LogP contribution in [0.15, 0.2) is 18.3 Å². The van der Waals surface area contributed by atoms with Gasteiger partial charge in [0.1, 0.15) is 5.82 Å². The SMILES string of the molecule is CC1CN(C)CCC1Nc1ccc(N)cn1. The Morgan fingerprint density at radius 2 is 2.31 bits per heavy atom. The molecule has 2 rings (SSSR count). The van der Waals surface area contributed by atoms with Crippen molar-refractivity contribution in [3.8, 4) is 0 Å². The highest BCUT2D eigenvalue weighted by molar-refractivity contribution is 5.44. The summed E-state index contributed by atoms with van der Waals surface area (Å²) in [6.07, 6.45) is 2.87. The Hall–Kier alpha value is -1.29. The van der Waals surface area contributed by atoms with Crippen LogP contribution in [-0.4, -0.2) is 36.1 Å². The molecule has 2 atom stereocenters. The third-order valence-electron chi connectivity index (χ3n) is 3.23. The molecular formula is C12H20N4. The van der Waals surface area contributed by atoms with E-state index >= 15 is 0 Å². The zero-order chi connectivity index (χ0) is 11.5. The van der Waals surface area contributed by atoms with E-state index in [1.165, 1.54) is 6.42 Å². The smallest absolute Gasteiger partial charge is 0.126 e. The van der Waals surface area contributed by atoms with Crippen LogP contribution in [0.1, 0.15) is 13.3 Å². The summed E-state index contributed by atoms with van der Waals surface area (Å²) in [6, 6.07) is 4.35. The number of rotatable bonds is 2. The largest absolute Gasteiger partial charge is 0.397 e. The third-order valence-corrected chi connectivity index (χ3v) is 3.23. The van der Waals surface area contributed by atoms with Crippen LogP contribution in [0.5, 0.6) is 0 Å². The van der Waals surface area contributed by atoms with Gasteiger partial charge in [0, 0.05) is 12.6 Å². The van der Waals surface area contributed by atoms with Gasteiger partial charge in [0.05, 0.1) is 11.9 Å². The lowest BCUT2D eigenvalue weighted by Crippen LogP contribution is -2.43. The van der Waals surface area contributed by atoms with Gasteiger partial charge in [0.25, 0.3) is 0 Å². The molecule has 0 amide bonds. The summed E-state index contributed by atoms with van der Waals surface area (Å²) >= 11 is 0. The van der Waals surface area contributed by atoms with Crippen molar-refractivity contribution in [2.24, 2.45) is 5.92 Å². The Bertz CT molecular complexity index is 335. The molecule has 1 aliphatic heterocycles. The van der Waals surface area contributed by atoms with Gasteiger partial charge in [0.2, 0.25) is 0 Å². The summed E-state index contributed by atoms with van der Waals surface area (Å²) in [7, 11) is 2.17. The van der Waals surface area contributed by atoms with Gasteiger partial charge >= 0.3 is 0 Å². The first kappa shape index (κ1) is 11.2. The molecule has 0 bridgehead atoms. The zero-order valence-corrected chi connectivity index (χ0v) is 9.98. The van der Waals surface area contributed by atoms with E-state index in [9.17, 15) is 0 Å². The van der Waals surface area contributed by atoms with Crippen LogP contribution >= 0.6 is 0 Å². The number of pyridine rings is 1. The Balaban J connectivity index is 1.96. The fourth-order valence-electron chi connectivity index (χ4n) is 2.25. The molecule has 0 aliphatic carbocycles. The maximum absolute atomic E-state index is 5.61. The fourth-order valence-corrected chi connectivity index (χ4v) is 2.25. The van der Waals surface area contributed by atoms with Crippen LogP contribution in [0.2, 0.25) is 0 Å². The lowest BCUT2D eigenvalue weighted by atomic mass is 9.94. The molecule has 1 saturated heterocycles. The zero-order valence-electron chi connectivity index (χ0n) is 9.98. The molecule has 1 aromatic rings. The van der Waals surface area contributed by atoms with Crippen molar-refractivity contribution in [1.29, 1.82) is 0 Å². The van der Waals surface area contributed by atoms with Crippen molar-refractivity contribution < 1.29 is 0 Å². The first-order valence-corrected chi connectivity index (χ1v) is 5.82. The molecule has 1 fully saturated rings. The molecule has 0 spiro atoms. The van der Waals surface area contributed by atoms with Crippen LogP contribution in [0.4, 0.5) is 11.5 Å². The molecule has 0 saturated carbocycles. The maximum atomic E-state index is 5.61. The molecule has 4 heteroatoms. The van der Waals surface area contributed by atoms with E-state index in [0.29, 0.717) is 17.6 Å². The molecule has 1 aromatic heterocycles. The lowest BCUT2D eigenvalue weighted by Gasteiger charge is -2.35. The van der Waals surface area contributed by atoms with Gasteiger partial charge in [-0.1, -0.05) is 6.92 Å². The summed E-state index contributed by atoms with van der Waals surface area (Å²) < 4.78 is 0. The predicted octanol–water partition coefficient (Wildman–Crippen LogP) is 1.42. The predicted molar refractivity (Wildman–Crippen MR) is 67.3 cm³/mol. The number of nitrogens with two attached hydrogens (primary N) is 1. The monoisotopic (exact) mass is 220 g/mol. The highest BCUT2D eigenvalue weighted by Gasteiger charge is 2.23. The number of piperidine rings is 1. The van der Waals surface area contributed by atoms with Crippen molar-refractivity contribution in [3.63, 3.8) is 0 Å². The fraction of sp³-hybridized carbons (Fsp3) is 0.583. The number of hydrogen-bond acceptors (Lipinski definition) is 4. The first-order chi connectivity index (χ1) is 7.65. The normalized spacial score (nSPS) is 26.6. The summed E-state index contributed by atoms with van der Waals surface area (Å²) in [5.41, 5.74) is 6.32. The van der Waals surface area contributed by atoms with Crippen molar-refractivity contribution in [3.05, 3.63) is 18.3 Å². The first-order valence-electron chi connectivity index (χ1n) is 5.82. The van der Waals surface area contributed by atoms with E-state index in [1.807, 2.05) is 12.1 Å². The van der Waals surface area contributed by atoms with Crippen LogP contribution < -0.4 is 11.1 Å². The molecular weight excluding hydrogens is 200 g/mol. The number of anilines is 2. The maximum Gasteiger partial charge on any atom is 0.126 e. The number of hydrogen-bond donors (Lipinski definition) is 2. The van der Waals surface area contributed by atoms with E-state index in [4.69, 9.17) is 5.73 Å². The van der Waals surface area contributed by atoms with Crippen LogP contribution in [0.25, 0.3) is 0 Å². The van der Waals surface area contributed by atoms with Crippen molar-refractivity contribution in [2.75, 3.05) is 31.2 Å². The van der Waals surface area contributed by atoms with Gasteiger partial charge in [-0.25, -0.2) is 4.98 Å². The minimum atomic E-state index is 0.521. The van der Waals surface area contributed by atoms with E-state index < -0.39 is 0 Å². The van der Waals surface area contributed by atoms with E-state index in [2.05, 4.69) is 29.2 Å². The van der Waals surface area contributed by atoms with Gasteiger partial charge in [-0.3, -0.25) is 0 Å². The lowest BCUT2D eigenvalue weighted by molar-refractivity contribution is 0.206. The Labute approximate surface area is 96.8 Å². The second-order valence-corrected chi connectivity index (χ2v) is 4.76. The molecule has 2 unspecified atom stereocenters. The van der Waals surface area contributed by atoms with E-state index in [-0.39, 0.29) is 0 Å². The molecule has 0 radical (unpaired) electrons. The second-order valence-electron chi connectivity index (χ2n) is 4.76. The summed E-state index contributed by atoms with van der Waals surface area (Å²) in [5.74, 6) is 1.58. The quantitative estimate of drug-likeness (QED) is 0.791. The van der Waals surface area contributed by atoms with E-state index in [1.54, 1.807) is 6.20 Å². The highest BCUT2D eigenvalue weighted by Crippen LogP contribution is 2.19. The number of nitrogen functional groups attached to an aromatic ring is 1.